The van der Waals surface area contributed by atoms with Crippen LogP contribution < -0.4 is 5.32 Å². The van der Waals surface area contributed by atoms with E-state index in [0.717, 1.165) is 30.2 Å². The van der Waals surface area contributed by atoms with Gasteiger partial charge in [-0.2, -0.15) is 10.1 Å². The van der Waals surface area contributed by atoms with E-state index in [1.807, 2.05) is 0 Å². The van der Waals surface area contributed by atoms with Gasteiger partial charge in [0, 0.05) is 15.7 Å². The first-order valence-corrected chi connectivity index (χ1v) is 9.87. The van der Waals surface area contributed by atoms with Gasteiger partial charge in [0.15, 0.2) is 0 Å². The normalized spacial score (nSPS) is 20.2. The molecule has 1 aromatic carbocycles. The van der Waals surface area contributed by atoms with Crippen molar-refractivity contribution in [2.75, 3.05) is 5.32 Å². The van der Waals surface area contributed by atoms with Gasteiger partial charge >= 0.3 is 5.97 Å². The van der Waals surface area contributed by atoms with Crippen molar-refractivity contribution in [2.24, 2.45) is 0 Å². The molecule has 1 aliphatic carbocycles. The molecular weight excluding hydrogens is 415 g/mol. The molecule has 1 aromatic heterocycles. The van der Waals surface area contributed by atoms with Crippen molar-refractivity contribution in [1.82, 2.24) is 14.8 Å². The summed E-state index contributed by atoms with van der Waals surface area (Å²) in [5.74, 6) is -0.383. The molecule has 0 spiro atoms. The van der Waals surface area contributed by atoms with Gasteiger partial charge in [-0.25, -0.2) is 13.9 Å². The summed E-state index contributed by atoms with van der Waals surface area (Å²) in [6.07, 6.45) is 6.33. The summed E-state index contributed by atoms with van der Waals surface area (Å²) in [5.41, 5.74) is 1.30. The van der Waals surface area contributed by atoms with E-state index in [2.05, 4.69) is 31.3 Å². The van der Waals surface area contributed by atoms with Crippen LogP contribution in [0, 0.1) is 5.82 Å². The number of carbonyl (C=O) groups is 1. The summed E-state index contributed by atoms with van der Waals surface area (Å²) >= 11 is 3.39. The minimum absolute atomic E-state index is 0.0864. The van der Waals surface area contributed by atoms with Crippen molar-refractivity contribution in [3.8, 4) is 0 Å². The lowest BCUT2D eigenvalue weighted by molar-refractivity contribution is -0.146. The first-order valence-electron chi connectivity index (χ1n) is 9.08. The number of rotatable bonds is 3. The van der Waals surface area contributed by atoms with Gasteiger partial charge in [0.1, 0.15) is 24.3 Å². The Hall–Kier alpha value is -2.22. The number of halogens is 2. The fourth-order valence-corrected chi connectivity index (χ4v) is 4.14. The van der Waals surface area contributed by atoms with E-state index in [1.54, 1.807) is 19.1 Å². The Kier molecular flexibility index (Phi) is 4.99. The van der Waals surface area contributed by atoms with Crippen molar-refractivity contribution in [3.63, 3.8) is 0 Å². The van der Waals surface area contributed by atoms with Crippen molar-refractivity contribution >= 4 is 27.8 Å². The first kappa shape index (κ1) is 18.2. The maximum absolute atomic E-state index is 14.7. The largest absolute Gasteiger partial charge is 0.459 e. The number of anilines is 1. The Labute approximate surface area is 164 Å². The molecule has 1 aliphatic heterocycles. The minimum atomic E-state index is -0.739. The zero-order valence-corrected chi connectivity index (χ0v) is 16.5. The number of hydrogen-bond donors (Lipinski definition) is 1. The Morgan fingerprint density at radius 2 is 2.11 bits per heavy atom. The smallest absolute Gasteiger partial charge is 0.338 e. The minimum Gasteiger partial charge on any atom is -0.459 e. The van der Waals surface area contributed by atoms with Crippen molar-refractivity contribution in [1.29, 1.82) is 0 Å². The van der Waals surface area contributed by atoms with E-state index in [4.69, 9.17) is 4.74 Å². The van der Waals surface area contributed by atoms with Crippen molar-refractivity contribution < 1.29 is 13.9 Å². The number of allylic oxidation sites excluding steroid dienone is 1. The second-order valence-corrected chi connectivity index (χ2v) is 7.84. The summed E-state index contributed by atoms with van der Waals surface area (Å²) in [4.78, 5) is 17.2. The molecule has 0 saturated heterocycles. The zero-order chi connectivity index (χ0) is 19.0. The van der Waals surface area contributed by atoms with Crippen LogP contribution in [0.5, 0.6) is 0 Å². The Morgan fingerprint density at radius 3 is 2.89 bits per heavy atom. The number of fused-ring (bicyclic) bond motifs is 1. The molecule has 0 radical (unpaired) electrons. The van der Waals surface area contributed by atoms with Crippen LogP contribution in [0.3, 0.4) is 0 Å². The number of hydrogen-bond acceptors (Lipinski definition) is 5. The number of benzene rings is 1. The number of nitrogens with one attached hydrogen (secondary N) is 1. The van der Waals surface area contributed by atoms with Crippen LogP contribution in [0.2, 0.25) is 0 Å². The number of esters is 1. The average Bonchev–Trinajstić information content (AvgIpc) is 3.11. The number of carbonyl (C=O) groups excluding carboxylic acids is 1. The molecule has 2 heterocycles. The third kappa shape index (κ3) is 3.50. The molecule has 2 aliphatic rings. The molecule has 6 nitrogen and oxygen atoms in total. The average molecular weight is 435 g/mol. The summed E-state index contributed by atoms with van der Waals surface area (Å²) in [5, 5.41) is 7.29. The topological polar surface area (TPSA) is 69.0 Å². The van der Waals surface area contributed by atoms with Gasteiger partial charge in [0.05, 0.1) is 5.57 Å². The lowest BCUT2D eigenvalue weighted by Crippen LogP contribution is -2.32. The highest BCUT2D eigenvalue weighted by molar-refractivity contribution is 9.10. The second kappa shape index (κ2) is 7.42. The monoisotopic (exact) mass is 434 g/mol. The molecule has 1 fully saturated rings. The molecule has 1 saturated carbocycles. The predicted octanol–water partition coefficient (Wildman–Crippen LogP) is 4.34. The summed E-state index contributed by atoms with van der Waals surface area (Å²) in [6.45, 7) is 1.78. The predicted molar refractivity (Wildman–Crippen MR) is 102 cm³/mol. The Balaban J connectivity index is 1.75. The standard InChI is InChI=1S/C19H20BrFN4O2/c1-11-16(18(26)27-13-5-3-2-4-6-13)17(25-19(24-11)22-10-23-25)14-9-12(20)7-8-15(14)21/h7-10,13,17H,2-6H2,1H3,(H,22,23,24)/t17-/m1/s1. The Bertz CT molecular complexity index is 905. The number of aromatic nitrogens is 3. The van der Waals surface area contributed by atoms with Crippen LogP contribution in [0.1, 0.15) is 50.6 Å². The molecule has 4 rings (SSSR count). The van der Waals surface area contributed by atoms with Gasteiger partial charge in [-0.15, -0.1) is 0 Å². The van der Waals surface area contributed by atoms with Gasteiger partial charge < -0.3 is 10.1 Å². The van der Waals surface area contributed by atoms with Gasteiger partial charge in [-0.05, 0) is 50.8 Å². The molecule has 1 N–H and O–H groups in total. The molecule has 1 atom stereocenters. The number of nitrogens with zero attached hydrogens (tertiary/aromatic N) is 3. The van der Waals surface area contributed by atoms with Crippen LogP contribution in [0.15, 0.2) is 40.3 Å². The SMILES string of the molecule is CC1=C(C(=O)OC2CCCCC2)[C@@H](c2cc(Br)ccc2F)n2ncnc2N1. The van der Waals surface area contributed by atoms with Crippen molar-refractivity contribution in [3.05, 3.63) is 51.6 Å². The van der Waals surface area contributed by atoms with E-state index in [0.29, 0.717) is 22.8 Å². The maximum atomic E-state index is 14.7. The highest BCUT2D eigenvalue weighted by Gasteiger charge is 2.37. The molecular formula is C19H20BrFN4O2. The van der Waals surface area contributed by atoms with E-state index < -0.39 is 17.8 Å². The fraction of sp³-hybridized carbons (Fsp3) is 0.421. The molecule has 8 heteroatoms. The summed E-state index contributed by atoms with van der Waals surface area (Å²) < 4.78 is 22.7. The van der Waals surface area contributed by atoms with Crippen LogP contribution in [-0.2, 0) is 9.53 Å². The van der Waals surface area contributed by atoms with E-state index in [1.165, 1.54) is 23.5 Å². The van der Waals surface area contributed by atoms with E-state index in [9.17, 15) is 9.18 Å². The number of ether oxygens (including phenoxy) is 1. The molecule has 0 unspecified atom stereocenters. The third-order valence-corrected chi connectivity index (χ3v) is 5.59. The maximum Gasteiger partial charge on any atom is 0.338 e. The third-order valence-electron chi connectivity index (χ3n) is 5.09. The summed E-state index contributed by atoms with van der Waals surface area (Å²) in [7, 11) is 0. The fourth-order valence-electron chi connectivity index (χ4n) is 3.76. The molecule has 0 amide bonds. The lowest BCUT2D eigenvalue weighted by atomic mass is 9.94. The lowest BCUT2D eigenvalue weighted by Gasteiger charge is -2.30. The van der Waals surface area contributed by atoms with Crippen LogP contribution in [-0.4, -0.2) is 26.8 Å². The molecule has 27 heavy (non-hydrogen) atoms. The summed E-state index contributed by atoms with van der Waals surface area (Å²) in [6, 6.07) is 3.92. The van der Waals surface area contributed by atoms with E-state index in [-0.39, 0.29) is 6.10 Å². The zero-order valence-electron chi connectivity index (χ0n) is 14.9. The molecule has 2 aromatic rings. The molecule has 0 bridgehead atoms. The van der Waals surface area contributed by atoms with Gasteiger partial charge in [-0.3, -0.25) is 0 Å². The van der Waals surface area contributed by atoms with Crippen LogP contribution in [0.4, 0.5) is 10.3 Å². The quantitative estimate of drug-likeness (QED) is 0.727. The van der Waals surface area contributed by atoms with Crippen molar-refractivity contribution in [2.45, 2.75) is 51.2 Å². The highest BCUT2D eigenvalue weighted by Crippen LogP contribution is 2.37. The van der Waals surface area contributed by atoms with Gasteiger partial charge in [0.25, 0.3) is 0 Å². The van der Waals surface area contributed by atoms with Crippen LogP contribution in [0.25, 0.3) is 0 Å². The Morgan fingerprint density at radius 1 is 1.33 bits per heavy atom. The second-order valence-electron chi connectivity index (χ2n) is 6.93. The van der Waals surface area contributed by atoms with E-state index >= 15 is 0 Å². The first-order chi connectivity index (χ1) is 13.0. The molecule has 142 valence electrons. The van der Waals surface area contributed by atoms with Gasteiger partial charge in [-0.1, -0.05) is 22.4 Å². The van der Waals surface area contributed by atoms with Gasteiger partial charge in [0.2, 0.25) is 5.95 Å². The highest BCUT2D eigenvalue weighted by atomic mass is 79.9. The van der Waals surface area contributed by atoms with Crippen LogP contribution >= 0.6 is 15.9 Å².